The van der Waals surface area contributed by atoms with Gasteiger partial charge in [-0.1, -0.05) is 91.0 Å². The molecule has 0 saturated carbocycles. The van der Waals surface area contributed by atoms with Gasteiger partial charge in [0.2, 0.25) is 5.91 Å². The molecule has 4 nitrogen and oxygen atoms in total. The Balaban J connectivity index is 1.41. The van der Waals surface area contributed by atoms with E-state index < -0.39 is 0 Å². The molecule has 0 aliphatic heterocycles. The normalized spacial score (nSPS) is 11.1. The largest absolute Gasteiger partial charge is 0.367 e. The van der Waals surface area contributed by atoms with Crippen molar-refractivity contribution < 1.29 is 9.53 Å². The molecule has 3 aromatic carbocycles. The fraction of sp³-hybridized carbons (Fsp3) is 0.321. The van der Waals surface area contributed by atoms with Crippen LogP contribution in [0.15, 0.2) is 91.0 Å². The van der Waals surface area contributed by atoms with E-state index in [4.69, 9.17) is 4.74 Å². The van der Waals surface area contributed by atoms with Crippen LogP contribution in [0.25, 0.3) is 0 Å². The van der Waals surface area contributed by atoms with Crippen LogP contribution in [0.3, 0.4) is 0 Å². The SMILES string of the molecule is CN(CCOC(c1ccccc1)c1ccccc1)CCN(C)C(=O)CCc1ccccc1. The van der Waals surface area contributed by atoms with E-state index in [0.29, 0.717) is 19.6 Å². The quantitative estimate of drug-likeness (QED) is 0.413. The van der Waals surface area contributed by atoms with Crippen LogP contribution in [-0.4, -0.2) is 56.0 Å². The summed E-state index contributed by atoms with van der Waals surface area (Å²) in [5.74, 6) is 0.187. The van der Waals surface area contributed by atoms with Crippen molar-refractivity contribution in [3.05, 3.63) is 108 Å². The lowest BCUT2D eigenvalue weighted by atomic mass is 10.0. The average molecular weight is 431 g/mol. The van der Waals surface area contributed by atoms with Gasteiger partial charge >= 0.3 is 0 Å². The summed E-state index contributed by atoms with van der Waals surface area (Å²) in [4.78, 5) is 16.5. The smallest absolute Gasteiger partial charge is 0.222 e. The summed E-state index contributed by atoms with van der Waals surface area (Å²) in [6.07, 6.45) is 1.25. The molecular formula is C28H34N2O2. The van der Waals surface area contributed by atoms with E-state index in [1.807, 2.05) is 66.5 Å². The maximum absolute atomic E-state index is 12.4. The monoisotopic (exact) mass is 430 g/mol. The number of nitrogens with zero attached hydrogens (tertiary/aromatic N) is 2. The number of hydrogen-bond donors (Lipinski definition) is 0. The molecule has 0 saturated heterocycles. The highest BCUT2D eigenvalue weighted by atomic mass is 16.5. The molecule has 3 rings (SSSR count). The molecule has 0 heterocycles. The van der Waals surface area contributed by atoms with Crippen LogP contribution >= 0.6 is 0 Å². The summed E-state index contributed by atoms with van der Waals surface area (Å²) in [5.41, 5.74) is 3.52. The number of benzene rings is 3. The van der Waals surface area contributed by atoms with Gasteiger partial charge in [-0.3, -0.25) is 4.79 Å². The molecule has 4 heteroatoms. The average Bonchev–Trinajstić information content (AvgIpc) is 2.85. The number of hydrogen-bond acceptors (Lipinski definition) is 3. The van der Waals surface area contributed by atoms with Crippen LogP contribution in [-0.2, 0) is 16.0 Å². The lowest BCUT2D eigenvalue weighted by molar-refractivity contribution is -0.130. The molecule has 0 unspecified atom stereocenters. The van der Waals surface area contributed by atoms with Crippen molar-refractivity contribution in [1.29, 1.82) is 0 Å². The van der Waals surface area contributed by atoms with Gasteiger partial charge in [-0.05, 0) is 30.2 Å². The molecule has 0 N–H and O–H groups in total. The minimum atomic E-state index is -0.0759. The number of likely N-dealkylation sites (N-methyl/N-ethyl adjacent to an activating group) is 2. The number of ether oxygens (including phenoxy) is 1. The first-order valence-electron chi connectivity index (χ1n) is 11.3. The Hall–Kier alpha value is -2.95. The standard InChI is InChI=1S/C28H34N2O2/c1-29(20-21-30(2)27(31)19-18-24-12-6-3-7-13-24)22-23-32-28(25-14-8-4-9-15-25)26-16-10-5-11-17-26/h3-17,28H,18-23H2,1-2H3. The molecule has 0 radical (unpaired) electrons. The van der Waals surface area contributed by atoms with E-state index >= 15 is 0 Å². The topological polar surface area (TPSA) is 32.8 Å². The van der Waals surface area contributed by atoms with Crippen LogP contribution in [0.5, 0.6) is 0 Å². The van der Waals surface area contributed by atoms with Gasteiger partial charge in [-0.15, -0.1) is 0 Å². The second-order valence-corrected chi connectivity index (χ2v) is 8.18. The Morgan fingerprint density at radius 2 is 1.28 bits per heavy atom. The van der Waals surface area contributed by atoms with Gasteiger partial charge in [0.15, 0.2) is 0 Å². The maximum atomic E-state index is 12.4. The third kappa shape index (κ3) is 7.63. The molecular weight excluding hydrogens is 396 g/mol. The molecule has 0 spiro atoms. The lowest BCUT2D eigenvalue weighted by Crippen LogP contribution is -2.36. The van der Waals surface area contributed by atoms with Gasteiger partial charge in [-0.25, -0.2) is 0 Å². The van der Waals surface area contributed by atoms with Crippen LogP contribution in [0.1, 0.15) is 29.2 Å². The van der Waals surface area contributed by atoms with Crippen LogP contribution < -0.4 is 0 Å². The highest BCUT2D eigenvalue weighted by molar-refractivity contribution is 5.76. The molecule has 0 atom stereocenters. The van der Waals surface area contributed by atoms with Gasteiger partial charge < -0.3 is 14.5 Å². The van der Waals surface area contributed by atoms with E-state index in [1.165, 1.54) is 5.56 Å². The summed E-state index contributed by atoms with van der Waals surface area (Å²) < 4.78 is 6.30. The van der Waals surface area contributed by atoms with Crippen LogP contribution in [0, 0.1) is 0 Å². The first-order valence-corrected chi connectivity index (χ1v) is 11.3. The van der Waals surface area contributed by atoms with Gasteiger partial charge in [0, 0.05) is 33.1 Å². The summed E-state index contributed by atoms with van der Waals surface area (Å²) >= 11 is 0. The van der Waals surface area contributed by atoms with E-state index in [1.54, 1.807) is 0 Å². The third-order valence-electron chi connectivity index (χ3n) is 5.68. The predicted octanol–water partition coefficient (Wildman–Crippen LogP) is 4.82. The summed E-state index contributed by atoms with van der Waals surface area (Å²) in [5, 5.41) is 0. The van der Waals surface area contributed by atoms with Crippen molar-refractivity contribution in [3.63, 3.8) is 0 Å². The van der Waals surface area contributed by atoms with Gasteiger partial charge in [0.1, 0.15) is 6.10 Å². The number of carbonyl (C=O) groups excluding carboxylic acids is 1. The van der Waals surface area contributed by atoms with Crippen LogP contribution in [0.2, 0.25) is 0 Å². The molecule has 0 aliphatic rings. The Morgan fingerprint density at radius 3 is 1.84 bits per heavy atom. The Labute approximate surface area is 192 Å². The molecule has 0 aliphatic carbocycles. The summed E-state index contributed by atoms with van der Waals surface area (Å²) in [6.45, 7) is 2.96. The molecule has 0 aromatic heterocycles. The van der Waals surface area contributed by atoms with Gasteiger partial charge in [0.05, 0.1) is 6.61 Å². The zero-order valence-electron chi connectivity index (χ0n) is 19.2. The third-order valence-corrected chi connectivity index (χ3v) is 5.68. The molecule has 0 fully saturated rings. The van der Waals surface area contributed by atoms with Crippen LogP contribution in [0.4, 0.5) is 0 Å². The molecule has 32 heavy (non-hydrogen) atoms. The predicted molar refractivity (Wildman–Crippen MR) is 131 cm³/mol. The second kappa shape index (κ2) is 12.8. The zero-order valence-corrected chi connectivity index (χ0v) is 19.2. The highest BCUT2D eigenvalue weighted by Crippen LogP contribution is 2.25. The van der Waals surface area contributed by atoms with Crippen molar-refractivity contribution in [3.8, 4) is 0 Å². The Bertz CT molecular complexity index is 876. The minimum Gasteiger partial charge on any atom is -0.367 e. The lowest BCUT2D eigenvalue weighted by Gasteiger charge is -2.24. The Kier molecular flexibility index (Phi) is 9.48. The number of aryl methyl sites for hydroxylation is 1. The van der Waals surface area contributed by atoms with Crippen molar-refractivity contribution in [1.82, 2.24) is 9.80 Å². The van der Waals surface area contributed by atoms with E-state index in [9.17, 15) is 4.79 Å². The molecule has 1 amide bonds. The number of amides is 1. The summed E-state index contributed by atoms with van der Waals surface area (Å²) in [7, 11) is 3.96. The second-order valence-electron chi connectivity index (χ2n) is 8.18. The molecule has 3 aromatic rings. The van der Waals surface area contributed by atoms with Crippen molar-refractivity contribution in [2.75, 3.05) is 40.3 Å². The van der Waals surface area contributed by atoms with E-state index in [0.717, 1.165) is 30.6 Å². The Morgan fingerprint density at radius 1 is 0.750 bits per heavy atom. The van der Waals surface area contributed by atoms with Crippen molar-refractivity contribution in [2.45, 2.75) is 18.9 Å². The first-order chi connectivity index (χ1) is 15.6. The number of rotatable bonds is 12. The fourth-order valence-corrected chi connectivity index (χ4v) is 3.61. The minimum absolute atomic E-state index is 0.0759. The maximum Gasteiger partial charge on any atom is 0.222 e. The zero-order chi connectivity index (χ0) is 22.6. The van der Waals surface area contributed by atoms with E-state index in [2.05, 4.69) is 48.3 Å². The van der Waals surface area contributed by atoms with E-state index in [-0.39, 0.29) is 12.0 Å². The highest BCUT2D eigenvalue weighted by Gasteiger charge is 2.15. The first kappa shape index (κ1) is 23.7. The number of carbonyl (C=O) groups is 1. The van der Waals surface area contributed by atoms with Crippen molar-refractivity contribution >= 4 is 5.91 Å². The fourth-order valence-electron chi connectivity index (χ4n) is 3.61. The van der Waals surface area contributed by atoms with Gasteiger partial charge in [0.25, 0.3) is 0 Å². The van der Waals surface area contributed by atoms with Gasteiger partial charge in [-0.2, -0.15) is 0 Å². The summed E-state index contributed by atoms with van der Waals surface area (Å²) in [6, 6.07) is 30.8. The molecule has 0 bridgehead atoms. The molecule has 168 valence electrons. The van der Waals surface area contributed by atoms with Crippen molar-refractivity contribution in [2.24, 2.45) is 0 Å².